The Morgan fingerprint density at radius 1 is 1.39 bits per heavy atom. The van der Waals surface area contributed by atoms with Crippen LogP contribution in [0.5, 0.6) is 0 Å². The van der Waals surface area contributed by atoms with Gasteiger partial charge in [-0.2, -0.15) is 0 Å². The van der Waals surface area contributed by atoms with E-state index in [0.717, 1.165) is 0 Å². The SMILES string of the molecule is COC(=O)C1=CC(O[Si](C)(C)C(C)(C)C)CC1=O. The van der Waals surface area contributed by atoms with Crippen molar-refractivity contribution in [2.45, 2.75) is 51.4 Å². The summed E-state index contributed by atoms with van der Waals surface area (Å²) < 4.78 is 10.7. The topological polar surface area (TPSA) is 52.6 Å². The molecule has 1 rings (SSSR count). The summed E-state index contributed by atoms with van der Waals surface area (Å²) in [5.41, 5.74) is 0.126. The Balaban J connectivity index is 2.81. The van der Waals surface area contributed by atoms with Crippen LogP contribution in [0.2, 0.25) is 18.1 Å². The number of Topliss-reactive ketones (excluding diaryl/α,β-unsaturated/α-hetero) is 1. The lowest BCUT2D eigenvalue weighted by Gasteiger charge is -2.37. The number of ketones is 1. The van der Waals surface area contributed by atoms with Gasteiger partial charge in [-0.3, -0.25) is 4.79 Å². The van der Waals surface area contributed by atoms with E-state index in [0.29, 0.717) is 0 Å². The molecule has 0 heterocycles. The summed E-state index contributed by atoms with van der Waals surface area (Å²) in [7, 11) is -0.647. The highest BCUT2D eigenvalue weighted by molar-refractivity contribution is 6.74. The van der Waals surface area contributed by atoms with Gasteiger partial charge in [0.05, 0.1) is 13.2 Å². The summed E-state index contributed by atoms with van der Waals surface area (Å²) in [6.45, 7) is 10.7. The minimum Gasteiger partial charge on any atom is -0.465 e. The molecule has 0 saturated heterocycles. The minimum atomic E-state index is -1.92. The Labute approximate surface area is 109 Å². The Kier molecular flexibility index (Phi) is 4.18. The third kappa shape index (κ3) is 3.08. The molecule has 0 aromatic heterocycles. The first kappa shape index (κ1) is 15.1. The molecule has 0 N–H and O–H groups in total. The summed E-state index contributed by atoms with van der Waals surface area (Å²) in [5, 5.41) is 0.0813. The van der Waals surface area contributed by atoms with Crippen molar-refractivity contribution in [3.63, 3.8) is 0 Å². The van der Waals surface area contributed by atoms with Crippen LogP contribution in [0.15, 0.2) is 11.6 Å². The van der Waals surface area contributed by atoms with E-state index in [1.807, 2.05) is 0 Å². The van der Waals surface area contributed by atoms with E-state index in [2.05, 4.69) is 38.6 Å². The van der Waals surface area contributed by atoms with Crippen molar-refractivity contribution >= 4 is 20.1 Å². The smallest absolute Gasteiger partial charge is 0.341 e. The molecule has 1 aliphatic carbocycles. The van der Waals surface area contributed by atoms with Crippen molar-refractivity contribution in [2.24, 2.45) is 0 Å². The molecule has 102 valence electrons. The van der Waals surface area contributed by atoms with Gasteiger partial charge in [-0.1, -0.05) is 20.8 Å². The number of hydrogen-bond acceptors (Lipinski definition) is 4. The van der Waals surface area contributed by atoms with Crippen LogP contribution in [0.1, 0.15) is 27.2 Å². The molecule has 0 amide bonds. The molecule has 0 spiro atoms. The van der Waals surface area contributed by atoms with Gasteiger partial charge in [0.25, 0.3) is 0 Å². The monoisotopic (exact) mass is 270 g/mol. The van der Waals surface area contributed by atoms with Gasteiger partial charge in [0.15, 0.2) is 14.1 Å². The second-order valence-corrected chi connectivity index (χ2v) is 10.9. The lowest BCUT2D eigenvalue weighted by atomic mass is 10.2. The molecule has 0 aliphatic heterocycles. The zero-order chi connectivity index (χ0) is 14.1. The molecule has 1 aliphatic rings. The molecule has 0 aromatic rings. The molecule has 0 fully saturated rings. The van der Waals surface area contributed by atoms with E-state index < -0.39 is 14.3 Å². The van der Waals surface area contributed by atoms with Crippen molar-refractivity contribution in [2.75, 3.05) is 7.11 Å². The van der Waals surface area contributed by atoms with Gasteiger partial charge in [0.2, 0.25) is 0 Å². The van der Waals surface area contributed by atoms with Gasteiger partial charge < -0.3 is 9.16 Å². The molecular formula is C13H22O4Si. The standard InChI is InChI=1S/C13H22O4Si/c1-13(2,3)18(5,6)17-9-7-10(11(14)8-9)12(15)16-4/h7,9H,8H2,1-6H3. The zero-order valence-corrected chi connectivity index (χ0v) is 13.0. The number of ether oxygens (including phenoxy) is 1. The Morgan fingerprint density at radius 3 is 2.39 bits per heavy atom. The number of carbonyl (C=O) groups excluding carboxylic acids is 2. The Bertz CT molecular complexity index is 390. The van der Waals surface area contributed by atoms with Crippen molar-refractivity contribution in [1.29, 1.82) is 0 Å². The summed E-state index contributed by atoms with van der Waals surface area (Å²) in [6.07, 6.45) is 1.57. The number of rotatable bonds is 3. The highest BCUT2D eigenvalue weighted by Gasteiger charge is 2.41. The molecule has 0 aromatic carbocycles. The second kappa shape index (κ2) is 4.97. The van der Waals surface area contributed by atoms with Crippen molar-refractivity contribution in [3.8, 4) is 0 Å². The van der Waals surface area contributed by atoms with Crippen molar-refractivity contribution in [1.82, 2.24) is 0 Å². The number of hydrogen-bond donors (Lipinski definition) is 0. The van der Waals surface area contributed by atoms with Gasteiger partial charge in [0.1, 0.15) is 5.57 Å². The molecule has 0 bridgehead atoms. The maximum absolute atomic E-state index is 11.7. The normalized spacial score (nSPS) is 20.9. The van der Waals surface area contributed by atoms with Crippen LogP contribution in [0.25, 0.3) is 0 Å². The fourth-order valence-corrected chi connectivity index (χ4v) is 2.81. The first-order valence-electron chi connectivity index (χ1n) is 6.09. The summed E-state index contributed by atoms with van der Waals surface area (Å²) in [5.74, 6) is -0.758. The van der Waals surface area contributed by atoms with E-state index in [9.17, 15) is 9.59 Å². The van der Waals surface area contributed by atoms with Crippen LogP contribution in [-0.2, 0) is 18.8 Å². The average molecular weight is 270 g/mol. The Morgan fingerprint density at radius 2 is 1.94 bits per heavy atom. The van der Waals surface area contributed by atoms with Crippen LogP contribution < -0.4 is 0 Å². The summed E-state index contributed by atoms with van der Waals surface area (Å²) >= 11 is 0. The third-order valence-corrected chi connectivity index (χ3v) is 8.20. The number of esters is 1. The predicted molar refractivity (Wildman–Crippen MR) is 71.8 cm³/mol. The molecule has 1 atom stereocenters. The molecule has 0 radical (unpaired) electrons. The van der Waals surface area contributed by atoms with Gasteiger partial charge in [-0.25, -0.2) is 4.79 Å². The lowest BCUT2D eigenvalue weighted by molar-refractivity contribution is -0.137. The largest absolute Gasteiger partial charge is 0.465 e. The minimum absolute atomic E-state index is 0.0813. The van der Waals surface area contributed by atoms with Crippen LogP contribution in [0.4, 0.5) is 0 Å². The van der Waals surface area contributed by atoms with Crippen LogP contribution >= 0.6 is 0 Å². The van der Waals surface area contributed by atoms with Gasteiger partial charge in [0, 0.05) is 6.42 Å². The molecule has 1 unspecified atom stereocenters. The molecule has 4 nitrogen and oxygen atoms in total. The molecule has 5 heteroatoms. The quantitative estimate of drug-likeness (QED) is 0.449. The van der Waals surface area contributed by atoms with Crippen LogP contribution in [0, 0.1) is 0 Å². The second-order valence-electron chi connectivity index (χ2n) is 6.12. The molecular weight excluding hydrogens is 248 g/mol. The fourth-order valence-electron chi connectivity index (χ4n) is 1.55. The van der Waals surface area contributed by atoms with E-state index in [1.54, 1.807) is 6.08 Å². The number of methoxy groups -OCH3 is 1. The first-order chi connectivity index (χ1) is 8.08. The maximum atomic E-state index is 11.7. The van der Waals surface area contributed by atoms with Crippen LogP contribution in [-0.4, -0.2) is 33.3 Å². The van der Waals surface area contributed by atoms with E-state index in [4.69, 9.17) is 4.43 Å². The van der Waals surface area contributed by atoms with E-state index in [-0.39, 0.29) is 28.9 Å². The maximum Gasteiger partial charge on any atom is 0.341 e. The van der Waals surface area contributed by atoms with Gasteiger partial charge >= 0.3 is 5.97 Å². The van der Waals surface area contributed by atoms with Crippen molar-refractivity contribution < 1.29 is 18.8 Å². The highest BCUT2D eigenvalue weighted by Crippen LogP contribution is 2.38. The average Bonchev–Trinajstić information content (AvgIpc) is 2.55. The molecule has 0 saturated carbocycles. The van der Waals surface area contributed by atoms with Crippen LogP contribution in [0.3, 0.4) is 0 Å². The first-order valence-corrected chi connectivity index (χ1v) is 9.00. The Hall–Kier alpha value is -0.943. The fraction of sp³-hybridized carbons (Fsp3) is 0.692. The predicted octanol–water partition coefficient (Wildman–Crippen LogP) is 2.45. The van der Waals surface area contributed by atoms with E-state index in [1.165, 1.54) is 7.11 Å². The van der Waals surface area contributed by atoms with Gasteiger partial charge in [-0.05, 0) is 24.2 Å². The highest BCUT2D eigenvalue weighted by atomic mass is 28.4. The van der Waals surface area contributed by atoms with Crippen molar-refractivity contribution in [3.05, 3.63) is 11.6 Å². The zero-order valence-electron chi connectivity index (χ0n) is 12.0. The van der Waals surface area contributed by atoms with E-state index >= 15 is 0 Å². The van der Waals surface area contributed by atoms with Gasteiger partial charge in [-0.15, -0.1) is 0 Å². The summed E-state index contributed by atoms with van der Waals surface area (Å²) in [4.78, 5) is 23.1. The third-order valence-electron chi connectivity index (χ3n) is 3.70. The lowest BCUT2D eigenvalue weighted by Crippen LogP contribution is -2.43. The molecule has 18 heavy (non-hydrogen) atoms. The number of carbonyl (C=O) groups is 2. The summed E-state index contributed by atoms with van der Waals surface area (Å²) in [6, 6.07) is 0.